The Labute approximate surface area is 202 Å². The Bertz CT molecular complexity index is 905. The minimum atomic E-state index is -0.646. The normalized spacial score (nSPS) is 20.8. The predicted molar refractivity (Wildman–Crippen MR) is 130 cm³/mol. The summed E-state index contributed by atoms with van der Waals surface area (Å²) in [4.78, 5) is 48.1. The van der Waals surface area contributed by atoms with Crippen molar-refractivity contribution < 1.29 is 19.1 Å². The maximum atomic E-state index is 13.5. The highest BCUT2D eigenvalue weighted by Gasteiger charge is 2.43. The Morgan fingerprint density at radius 2 is 1.91 bits per heavy atom. The highest BCUT2D eigenvalue weighted by atomic mass is 16.6. The number of pyridine rings is 1. The summed E-state index contributed by atoms with van der Waals surface area (Å²) in [5, 5.41) is 2.77. The van der Waals surface area contributed by atoms with Gasteiger partial charge in [-0.05, 0) is 64.7 Å². The minimum absolute atomic E-state index is 0.0414. The first-order chi connectivity index (χ1) is 16.1. The maximum Gasteiger partial charge on any atom is 0.410 e. The van der Waals surface area contributed by atoms with Crippen molar-refractivity contribution in [1.82, 2.24) is 20.1 Å². The van der Waals surface area contributed by atoms with Crippen LogP contribution in [0, 0.1) is 12.8 Å². The number of piperazine rings is 1. The van der Waals surface area contributed by atoms with Crippen LogP contribution in [0.1, 0.15) is 39.3 Å². The predicted octanol–water partition coefficient (Wildman–Crippen LogP) is 2.36. The van der Waals surface area contributed by atoms with Crippen LogP contribution >= 0.6 is 0 Å². The van der Waals surface area contributed by atoms with E-state index in [1.54, 1.807) is 4.90 Å². The van der Waals surface area contributed by atoms with Gasteiger partial charge in [0, 0.05) is 45.0 Å². The molecule has 0 aromatic carbocycles. The number of hydrogen-bond acceptors (Lipinski definition) is 6. The Kier molecular flexibility index (Phi) is 8.17. The number of carbonyl (C=O) groups is 3. The van der Waals surface area contributed by atoms with Gasteiger partial charge in [0.1, 0.15) is 17.5 Å². The second-order valence-electron chi connectivity index (χ2n) is 9.98. The van der Waals surface area contributed by atoms with Gasteiger partial charge in [0.2, 0.25) is 11.8 Å². The SMILES string of the molecule is C=CC(=O)NCCC1C[C@@H](C(=O)N2CCN(c3cccc(C)n3)CC2)N(C(=O)OC(C)(C)C)C1. The second-order valence-corrected chi connectivity index (χ2v) is 9.98. The molecule has 3 amide bonds. The topological polar surface area (TPSA) is 95.1 Å². The molecular formula is C25H37N5O4. The summed E-state index contributed by atoms with van der Waals surface area (Å²) in [6.45, 7) is 14.3. The Balaban J connectivity index is 1.64. The van der Waals surface area contributed by atoms with Crippen molar-refractivity contribution in [1.29, 1.82) is 0 Å². The van der Waals surface area contributed by atoms with Gasteiger partial charge in [0.15, 0.2) is 0 Å². The van der Waals surface area contributed by atoms with Crippen LogP contribution in [0.15, 0.2) is 30.9 Å². The first-order valence-corrected chi connectivity index (χ1v) is 11.9. The summed E-state index contributed by atoms with van der Waals surface area (Å²) in [6, 6.07) is 5.39. The molecule has 9 nitrogen and oxygen atoms in total. The first kappa shape index (κ1) is 25.5. The Morgan fingerprint density at radius 1 is 1.21 bits per heavy atom. The van der Waals surface area contributed by atoms with Gasteiger partial charge >= 0.3 is 6.09 Å². The number of rotatable bonds is 6. The molecule has 186 valence electrons. The summed E-state index contributed by atoms with van der Waals surface area (Å²) in [6.07, 6.45) is 2.00. The molecule has 1 aromatic rings. The third-order valence-electron chi connectivity index (χ3n) is 6.13. The minimum Gasteiger partial charge on any atom is -0.444 e. The van der Waals surface area contributed by atoms with Crippen molar-refractivity contribution in [2.24, 2.45) is 5.92 Å². The molecule has 1 N–H and O–H groups in total. The monoisotopic (exact) mass is 471 g/mol. The molecule has 0 radical (unpaired) electrons. The van der Waals surface area contributed by atoms with Crippen LogP contribution in [0.5, 0.6) is 0 Å². The fourth-order valence-corrected chi connectivity index (χ4v) is 4.43. The lowest BCUT2D eigenvalue weighted by Crippen LogP contribution is -2.55. The quantitative estimate of drug-likeness (QED) is 0.640. The molecule has 3 rings (SSSR count). The van der Waals surface area contributed by atoms with E-state index in [1.165, 1.54) is 6.08 Å². The molecule has 2 fully saturated rings. The van der Waals surface area contributed by atoms with Gasteiger partial charge in [0.25, 0.3) is 0 Å². The van der Waals surface area contributed by atoms with Gasteiger partial charge in [-0.15, -0.1) is 0 Å². The summed E-state index contributed by atoms with van der Waals surface area (Å²) in [5.74, 6) is 0.755. The zero-order chi connectivity index (χ0) is 24.9. The Morgan fingerprint density at radius 3 is 2.53 bits per heavy atom. The van der Waals surface area contributed by atoms with Crippen molar-refractivity contribution in [3.05, 3.63) is 36.5 Å². The number of aromatic nitrogens is 1. The largest absolute Gasteiger partial charge is 0.444 e. The van der Waals surface area contributed by atoms with Crippen LogP contribution in [0.3, 0.4) is 0 Å². The average Bonchev–Trinajstić information content (AvgIpc) is 3.22. The molecule has 2 aliphatic heterocycles. The standard InChI is InChI=1S/C25H37N5O4/c1-6-22(31)26-11-10-19-16-20(30(17-19)24(33)34-25(3,4)5)23(32)29-14-12-28(13-15-29)21-9-7-8-18(2)27-21/h6-9,19-20H,1,10-17H2,2-5H3,(H,26,31)/t19?,20-/m0/s1. The van der Waals surface area contributed by atoms with E-state index in [-0.39, 0.29) is 17.7 Å². The van der Waals surface area contributed by atoms with Gasteiger partial charge in [-0.3, -0.25) is 14.5 Å². The summed E-state index contributed by atoms with van der Waals surface area (Å²) in [7, 11) is 0. The van der Waals surface area contributed by atoms with Crippen molar-refractivity contribution in [2.45, 2.75) is 52.2 Å². The van der Waals surface area contributed by atoms with Gasteiger partial charge in [-0.1, -0.05) is 12.6 Å². The second kappa shape index (κ2) is 10.9. The van der Waals surface area contributed by atoms with E-state index in [9.17, 15) is 14.4 Å². The first-order valence-electron chi connectivity index (χ1n) is 11.9. The lowest BCUT2D eigenvalue weighted by molar-refractivity contribution is -0.136. The van der Waals surface area contributed by atoms with E-state index in [0.717, 1.165) is 11.5 Å². The van der Waals surface area contributed by atoms with Crippen LogP contribution in [-0.2, 0) is 14.3 Å². The van der Waals surface area contributed by atoms with Crippen LogP contribution in [0.2, 0.25) is 0 Å². The van der Waals surface area contributed by atoms with E-state index < -0.39 is 17.7 Å². The number of likely N-dealkylation sites (tertiary alicyclic amines) is 1. The molecule has 34 heavy (non-hydrogen) atoms. The fraction of sp³-hybridized carbons (Fsp3) is 0.600. The zero-order valence-corrected chi connectivity index (χ0v) is 20.7. The maximum absolute atomic E-state index is 13.5. The number of ether oxygens (including phenoxy) is 1. The molecule has 0 aliphatic carbocycles. The van der Waals surface area contributed by atoms with Gasteiger partial charge in [-0.2, -0.15) is 0 Å². The zero-order valence-electron chi connectivity index (χ0n) is 20.7. The molecule has 1 unspecified atom stereocenters. The Hall–Kier alpha value is -3.10. The molecular weight excluding hydrogens is 434 g/mol. The number of aryl methyl sites for hydroxylation is 1. The number of carbonyl (C=O) groups excluding carboxylic acids is 3. The highest BCUT2D eigenvalue weighted by molar-refractivity contribution is 5.87. The average molecular weight is 472 g/mol. The van der Waals surface area contributed by atoms with Crippen LogP contribution in [0.4, 0.5) is 10.6 Å². The molecule has 0 saturated carbocycles. The van der Waals surface area contributed by atoms with Crippen LogP contribution in [-0.4, -0.2) is 83.6 Å². The van der Waals surface area contributed by atoms with E-state index in [4.69, 9.17) is 4.74 Å². The molecule has 1 aromatic heterocycles. The fourth-order valence-electron chi connectivity index (χ4n) is 4.43. The molecule has 2 atom stereocenters. The number of anilines is 1. The summed E-state index contributed by atoms with van der Waals surface area (Å²) in [5.41, 5.74) is 0.318. The number of nitrogens with zero attached hydrogens (tertiary/aromatic N) is 4. The smallest absolute Gasteiger partial charge is 0.410 e. The van der Waals surface area contributed by atoms with Crippen molar-refractivity contribution in [3.8, 4) is 0 Å². The third-order valence-corrected chi connectivity index (χ3v) is 6.13. The summed E-state index contributed by atoms with van der Waals surface area (Å²) >= 11 is 0. The molecule has 9 heteroatoms. The highest BCUT2D eigenvalue weighted by Crippen LogP contribution is 2.29. The van der Waals surface area contributed by atoms with Gasteiger partial charge < -0.3 is 19.9 Å². The van der Waals surface area contributed by atoms with Crippen molar-refractivity contribution in [3.63, 3.8) is 0 Å². The van der Waals surface area contributed by atoms with Crippen LogP contribution in [0.25, 0.3) is 0 Å². The van der Waals surface area contributed by atoms with E-state index in [2.05, 4.69) is 21.8 Å². The molecule has 2 saturated heterocycles. The third kappa shape index (κ3) is 6.71. The van der Waals surface area contributed by atoms with Crippen molar-refractivity contribution >= 4 is 23.7 Å². The number of hydrogen-bond donors (Lipinski definition) is 1. The molecule has 3 heterocycles. The van der Waals surface area contributed by atoms with Gasteiger partial charge in [-0.25, -0.2) is 9.78 Å². The number of amides is 3. The van der Waals surface area contributed by atoms with E-state index in [1.807, 2.05) is 50.8 Å². The van der Waals surface area contributed by atoms with E-state index in [0.29, 0.717) is 52.1 Å². The lowest BCUT2D eigenvalue weighted by Gasteiger charge is -2.38. The molecule has 2 aliphatic rings. The summed E-state index contributed by atoms with van der Waals surface area (Å²) < 4.78 is 5.60. The van der Waals surface area contributed by atoms with E-state index >= 15 is 0 Å². The lowest BCUT2D eigenvalue weighted by atomic mass is 10.0. The molecule has 0 spiro atoms. The molecule has 0 bridgehead atoms. The van der Waals surface area contributed by atoms with Gasteiger partial charge in [0.05, 0.1) is 0 Å². The number of nitrogens with one attached hydrogen (secondary N) is 1. The van der Waals surface area contributed by atoms with Crippen molar-refractivity contribution in [2.75, 3.05) is 44.2 Å². The van der Waals surface area contributed by atoms with Crippen LogP contribution < -0.4 is 10.2 Å².